The molecule has 3 aromatic rings. The molecular formula is C22H21F3N2O2. The van der Waals surface area contributed by atoms with Crippen LogP contribution in [0.1, 0.15) is 48.2 Å². The molecule has 0 spiro atoms. The number of carbonyl (C=O) groups is 1. The van der Waals surface area contributed by atoms with E-state index >= 15 is 0 Å². The highest BCUT2D eigenvalue weighted by atomic mass is 19.4. The SMILES string of the molecule is CCOC(=O)c1cnc2cc(C(F)(F)F)ccc2c1Nc1ccc(C(C)C)cc1. The van der Waals surface area contributed by atoms with Gasteiger partial charge in [-0.1, -0.05) is 32.0 Å². The fraction of sp³-hybridized carbons (Fsp3) is 0.273. The second-order valence-corrected chi connectivity index (χ2v) is 6.90. The summed E-state index contributed by atoms with van der Waals surface area (Å²) in [7, 11) is 0. The molecule has 0 aliphatic heterocycles. The van der Waals surface area contributed by atoms with Crippen LogP contribution in [0.2, 0.25) is 0 Å². The van der Waals surface area contributed by atoms with Crippen molar-refractivity contribution in [3.05, 3.63) is 65.4 Å². The summed E-state index contributed by atoms with van der Waals surface area (Å²) in [6.45, 7) is 6.01. The topological polar surface area (TPSA) is 51.2 Å². The Balaban J connectivity index is 2.11. The second kappa shape index (κ2) is 8.11. The number of carbonyl (C=O) groups excluding carboxylic acids is 1. The number of pyridine rings is 1. The number of nitrogens with zero attached hydrogens (tertiary/aromatic N) is 1. The minimum Gasteiger partial charge on any atom is -0.462 e. The largest absolute Gasteiger partial charge is 0.462 e. The Morgan fingerprint density at radius 1 is 1.14 bits per heavy atom. The fourth-order valence-corrected chi connectivity index (χ4v) is 2.96. The number of benzene rings is 2. The normalized spacial score (nSPS) is 11.7. The molecule has 0 saturated heterocycles. The molecular weight excluding hydrogens is 381 g/mol. The van der Waals surface area contributed by atoms with E-state index in [2.05, 4.69) is 24.1 Å². The average molecular weight is 402 g/mol. The molecule has 1 heterocycles. The Bertz CT molecular complexity index is 1030. The van der Waals surface area contributed by atoms with Crippen LogP contribution in [0.25, 0.3) is 10.9 Å². The summed E-state index contributed by atoms with van der Waals surface area (Å²) >= 11 is 0. The summed E-state index contributed by atoms with van der Waals surface area (Å²) in [5, 5.41) is 3.56. The average Bonchev–Trinajstić information content (AvgIpc) is 2.67. The number of esters is 1. The van der Waals surface area contributed by atoms with E-state index in [-0.39, 0.29) is 17.7 Å². The maximum atomic E-state index is 13.1. The van der Waals surface area contributed by atoms with Gasteiger partial charge in [-0.05, 0) is 42.7 Å². The molecule has 0 amide bonds. The highest BCUT2D eigenvalue weighted by molar-refractivity contribution is 6.06. The van der Waals surface area contributed by atoms with E-state index in [0.717, 1.165) is 17.7 Å². The number of anilines is 2. The van der Waals surface area contributed by atoms with E-state index in [1.807, 2.05) is 24.3 Å². The predicted octanol–water partition coefficient (Wildman–Crippen LogP) is 6.30. The quantitative estimate of drug-likeness (QED) is 0.509. The van der Waals surface area contributed by atoms with Gasteiger partial charge in [0.1, 0.15) is 5.56 Å². The van der Waals surface area contributed by atoms with Crippen molar-refractivity contribution in [3.8, 4) is 0 Å². The molecule has 4 nitrogen and oxygen atoms in total. The fourth-order valence-electron chi connectivity index (χ4n) is 2.96. The van der Waals surface area contributed by atoms with Crippen LogP contribution in [0.3, 0.4) is 0 Å². The Morgan fingerprint density at radius 3 is 2.41 bits per heavy atom. The Morgan fingerprint density at radius 2 is 1.83 bits per heavy atom. The van der Waals surface area contributed by atoms with Gasteiger partial charge in [-0.15, -0.1) is 0 Å². The van der Waals surface area contributed by atoms with Gasteiger partial charge in [0.2, 0.25) is 0 Å². The van der Waals surface area contributed by atoms with Gasteiger partial charge in [0.05, 0.1) is 23.4 Å². The van der Waals surface area contributed by atoms with Gasteiger partial charge in [0, 0.05) is 17.3 Å². The van der Waals surface area contributed by atoms with Gasteiger partial charge in [0.15, 0.2) is 0 Å². The smallest absolute Gasteiger partial charge is 0.416 e. The molecule has 0 radical (unpaired) electrons. The first-order valence-electron chi connectivity index (χ1n) is 9.24. The summed E-state index contributed by atoms with van der Waals surface area (Å²) in [6, 6.07) is 10.9. The van der Waals surface area contributed by atoms with Crippen molar-refractivity contribution >= 4 is 28.2 Å². The third-order valence-corrected chi connectivity index (χ3v) is 4.54. The molecule has 0 bridgehead atoms. The molecule has 0 atom stereocenters. The number of hydrogen-bond donors (Lipinski definition) is 1. The third-order valence-electron chi connectivity index (χ3n) is 4.54. The summed E-state index contributed by atoms with van der Waals surface area (Å²) in [4.78, 5) is 16.4. The van der Waals surface area contributed by atoms with E-state index in [1.165, 1.54) is 12.3 Å². The van der Waals surface area contributed by atoms with Gasteiger partial charge in [0.25, 0.3) is 0 Å². The van der Waals surface area contributed by atoms with Gasteiger partial charge in [-0.25, -0.2) is 4.79 Å². The van der Waals surface area contributed by atoms with E-state index < -0.39 is 17.7 Å². The Kier molecular flexibility index (Phi) is 5.77. The molecule has 1 N–H and O–H groups in total. The lowest BCUT2D eigenvalue weighted by molar-refractivity contribution is -0.137. The van der Waals surface area contributed by atoms with Crippen LogP contribution in [0, 0.1) is 0 Å². The number of rotatable bonds is 5. The van der Waals surface area contributed by atoms with Crippen molar-refractivity contribution in [2.24, 2.45) is 0 Å². The molecule has 29 heavy (non-hydrogen) atoms. The van der Waals surface area contributed by atoms with Gasteiger partial charge in [-0.3, -0.25) is 4.98 Å². The molecule has 1 aromatic heterocycles. The maximum Gasteiger partial charge on any atom is 0.416 e. The minimum absolute atomic E-state index is 0.133. The van der Waals surface area contributed by atoms with Crippen LogP contribution in [0.5, 0.6) is 0 Å². The second-order valence-electron chi connectivity index (χ2n) is 6.90. The van der Waals surface area contributed by atoms with Crippen molar-refractivity contribution in [1.82, 2.24) is 4.98 Å². The van der Waals surface area contributed by atoms with Crippen LogP contribution in [0.15, 0.2) is 48.7 Å². The van der Waals surface area contributed by atoms with Crippen molar-refractivity contribution in [2.75, 3.05) is 11.9 Å². The maximum absolute atomic E-state index is 13.1. The Hall–Kier alpha value is -3.09. The zero-order valence-corrected chi connectivity index (χ0v) is 16.3. The summed E-state index contributed by atoms with van der Waals surface area (Å²) < 4.78 is 44.3. The van der Waals surface area contributed by atoms with Crippen molar-refractivity contribution in [1.29, 1.82) is 0 Å². The van der Waals surface area contributed by atoms with Crippen molar-refractivity contribution < 1.29 is 22.7 Å². The standard InChI is InChI=1S/C22H21F3N2O2/c1-4-29-21(28)18-12-26-19-11-15(22(23,24)25)7-10-17(19)20(18)27-16-8-5-14(6-9-16)13(2)3/h5-13H,4H2,1-3H3,(H,26,27). The van der Waals surface area contributed by atoms with Gasteiger partial charge >= 0.3 is 12.1 Å². The van der Waals surface area contributed by atoms with Crippen LogP contribution in [-0.4, -0.2) is 17.6 Å². The lowest BCUT2D eigenvalue weighted by atomic mass is 10.0. The number of nitrogens with one attached hydrogen (secondary N) is 1. The number of alkyl halides is 3. The summed E-state index contributed by atoms with van der Waals surface area (Å²) in [5.41, 5.74) is 1.71. The number of hydrogen-bond acceptors (Lipinski definition) is 4. The first-order chi connectivity index (χ1) is 13.7. The molecule has 0 aliphatic carbocycles. The number of halogens is 3. The lowest BCUT2D eigenvalue weighted by Crippen LogP contribution is -2.10. The number of fused-ring (bicyclic) bond motifs is 1. The first kappa shape index (κ1) is 20.6. The molecule has 0 saturated carbocycles. The molecule has 3 rings (SSSR count). The zero-order chi connectivity index (χ0) is 21.2. The van der Waals surface area contributed by atoms with Gasteiger partial charge < -0.3 is 10.1 Å². The van der Waals surface area contributed by atoms with Crippen LogP contribution in [0.4, 0.5) is 24.5 Å². The Labute approximate surface area is 166 Å². The highest BCUT2D eigenvalue weighted by Gasteiger charge is 2.31. The van der Waals surface area contributed by atoms with Crippen LogP contribution < -0.4 is 5.32 Å². The molecule has 0 fully saturated rings. The van der Waals surface area contributed by atoms with Crippen LogP contribution >= 0.6 is 0 Å². The lowest BCUT2D eigenvalue weighted by Gasteiger charge is -2.16. The zero-order valence-electron chi connectivity index (χ0n) is 16.3. The molecule has 152 valence electrons. The van der Waals surface area contributed by atoms with Crippen molar-refractivity contribution in [3.63, 3.8) is 0 Å². The summed E-state index contributed by atoms with van der Waals surface area (Å²) in [6.07, 6.45) is -3.23. The number of ether oxygens (including phenoxy) is 1. The van der Waals surface area contributed by atoms with E-state index in [4.69, 9.17) is 4.74 Å². The van der Waals surface area contributed by atoms with Crippen LogP contribution in [-0.2, 0) is 10.9 Å². The predicted molar refractivity (Wildman–Crippen MR) is 107 cm³/mol. The molecule has 7 heteroatoms. The number of aromatic nitrogens is 1. The van der Waals surface area contributed by atoms with Crippen molar-refractivity contribution in [2.45, 2.75) is 32.9 Å². The monoisotopic (exact) mass is 402 g/mol. The highest BCUT2D eigenvalue weighted by Crippen LogP contribution is 2.35. The first-order valence-corrected chi connectivity index (χ1v) is 9.24. The molecule has 0 unspecified atom stereocenters. The summed E-state index contributed by atoms with van der Waals surface area (Å²) in [5.74, 6) is -0.232. The molecule has 0 aliphatic rings. The minimum atomic E-state index is -4.48. The van der Waals surface area contributed by atoms with Gasteiger partial charge in [-0.2, -0.15) is 13.2 Å². The molecule has 2 aromatic carbocycles. The van der Waals surface area contributed by atoms with E-state index in [1.54, 1.807) is 6.92 Å². The van der Waals surface area contributed by atoms with E-state index in [0.29, 0.717) is 22.7 Å². The van der Waals surface area contributed by atoms with E-state index in [9.17, 15) is 18.0 Å². The third kappa shape index (κ3) is 4.50.